The third kappa shape index (κ3) is 4.05. The van der Waals surface area contributed by atoms with Crippen molar-refractivity contribution in [1.82, 2.24) is 4.90 Å². The number of thiocarbonyl (C=S) groups is 1. The minimum absolute atomic E-state index is 0.448. The van der Waals surface area contributed by atoms with Gasteiger partial charge in [-0.05, 0) is 19.3 Å². The summed E-state index contributed by atoms with van der Waals surface area (Å²) in [6, 6.07) is 0.528. The zero-order chi connectivity index (χ0) is 11.3. The molecule has 1 saturated heterocycles. The minimum Gasteiger partial charge on any atom is -0.393 e. The standard InChI is InChI=1S/C11H22N2OS/c1-3-9(8-11(12)15)13-6-4-10(14-2)5-7-13/h9-10H,3-8H2,1-2H3,(H2,12,15). The molecule has 0 aromatic carbocycles. The van der Waals surface area contributed by atoms with Crippen LogP contribution in [0.2, 0.25) is 0 Å². The van der Waals surface area contributed by atoms with Gasteiger partial charge in [-0.1, -0.05) is 19.1 Å². The molecule has 0 aromatic rings. The van der Waals surface area contributed by atoms with Crippen LogP contribution in [0.4, 0.5) is 0 Å². The molecule has 4 heteroatoms. The van der Waals surface area contributed by atoms with E-state index in [1.54, 1.807) is 7.11 Å². The Labute approximate surface area is 98.0 Å². The summed E-state index contributed by atoms with van der Waals surface area (Å²) in [5, 5.41) is 0. The van der Waals surface area contributed by atoms with E-state index in [-0.39, 0.29) is 0 Å². The van der Waals surface area contributed by atoms with Crippen LogP contribution in [0, 0.1) is 0 Å². The van der Waals surface area contributed by atoms with Crippen LogP contribution in [-0.4, -0.2) is 42.2 Å². The highest BCUT2D eigenvalue weighted by atomic mass is 32.1. The van der Waals surface area contributed by atoms with Gasteiger partial charge in [-0.3, -0.25) is 4.90 Å². The van der Waals surface area contributed by atoms with E-state index in [2.05, 4.69) is 11.8 Å². The molecule has 2 N–H and O–H groups in total. The van der Waals surface area contributed by atoms with Gasteiger partial charge in [0.15, 0.2) is 0 Å². The van der Waals surface area contributed by atoms with Crippen LogP contribution in [0.25, 0.3) is 0 Å². The highest BCUT2D eigenvalue weighted by Gasteiger charge is 2.24. The zero-order valence-electron chi connectivity index (χ0n) is 9.74. The maximum Gasteiger partial charge on any atom is 0.0743 e. The summed E-state index contributed by atoms with van der Waals surface area (Å²) in [5.74, 6) is 0. The number of rotatable bonds is 5. The van der Waals surface area contributed by atoms with Gasteiger partial charge in [0.05, 0.1) is 11.1 Å². The van der Waals surface area contributed by atoms with Crippen molar-refractivity contribution in [2.24, 2.45) is 5.73 Å². The number of ether oxygens (including phenoxy) is 1. The van der Waals surface area contributed by atoms with Gasteiger partial charge in [-0.15, -0.1) is 0 Å². The summed E-state index contributed by atoms with van der Waals surface area (Å²) in [6.07, 6.45) is 4.68. The molecule has 3 nitrogen and oxygen atoms in total. The first kappa shape index (κ1) is 12.9. The van der Waals surface area contributed by atoms with Gasteiger partial charge in [0, 0.05) is 32.7 Å². The molecule has 1 aliphatic heterocycles. The number of nitrogens with zero attached hydrogens (tertiary/aromatic N) is 1. The summed E-state index contributed by atoms with van der Waals surface area (Å²) in [5.41, 5.74) is 5.61. The number of methoxy groups -OCH3 is 1. The van der Waals surface area contributed by atoms with Gasteiger partial charge in [0.1, 0.15) is 0 Å². The van der Waals surface area contributed by atoms with E-state index in [9.17, 15) is 0 Å². The molecule has 0 saturated carbocycles. The number of likely N-dealkylation sites (tertiary alicyclic amines) is 1. The largest absolute Gasteiger partial charge is 0.393 e. The predicted octanol–water partition coefficient (Wildman–Crippen LogP) is 1.55. The summed E-state index contributed by atoms with van der Waals surface area (Å²) in [4.78, 5) is 3.13. The Morgan fingerprint density at radius 2 is 2.13 bits per heavy atom. The first-order valence-corrected chi connectivity index (χ1v) is 6.13. The molecule has 0 radical (unpaired) electrons. The summed E-state index contributed by atoms with van der Waals surface area (Å²) in [6.45, 7) is 4.42. The molecule has 1 heterocycles. The smallest absolute Gasteiger partial charge is 0.0743 e. The van der Waals surface area contributed by atoms with Crippen LogP contribution >= 0.6 is 12.2 Å². The topological polar surface area (TPSA) is 38.5 Å². The lowest BCUT2D eigenvalue weighted by Crippen LogP contribution is -2.44. The molecule has 0 bridgehead atoms. The Hall–Kier alpha value is -0.190. The molecule has 0 aromatic heterocycles. The minimum atomic E-state index is 0.448. The third-order valence-electron chi connectivity index (χ3n) is 3.23. The van der Waals surface area contributed by atoms with Crippen molar-refractivity contribution in [2.75, 3.05) is 20.2 Å². The molecule has 0 spiro atoms. The highest BCUT2D eigenvalue weighted by molar-refractivity contribution is 7.80. The molecule has 88 valence electrons. The van der Waals surface area contributed by atoms with E-state index in [1.165, 1.54) is 0 Å². The number of hydrogen-bond acceptors (Lipinski definition) is 3. The number of nitrogens with two attached hydrogens (primary N) is 1. The molecule has 0 amide bonds. The molecule has 1 unspecified atom stereocenters. The highest BCUT2D eigenvalue weighted by Crippen LogP contribution is 2.18. The van der Waals surface area contributed by atoms with Gasteiger partial charge in [0.2, 0.25) is 0 Å². The first-order valence-electron chi connectivity index (χ1n) is 5.72. The van der Waals surface area contributed by atoms with Crippen molar-refractivity contribution in [1.29, 1.82) is 0 Å². The fourth-order valence-electron chi connectivity index (χ4n) is 2.24. The first-order chi connectivity index (χ1) is 7.17. The van der Waals surface area contributed by atoms with Crippen molar-refractivity contribution in [3.8, 4) is 0 Å². The fraction of sp³-hybridized carbons (Fsp3) is 0.909. The lowest BCUT2D eigenvalue weighted by molar-refractivity contribution is 0.0276. The number of piperidine rings is 1. The Bertz CT molecular complexity index is 203. The second kappa shape index (κ2) is 6.40. The quantitative estimate of drug-likeness (QED) is 0.727. The molecule has 1 atom stereocenters. The zero-order valence-corrected chi connectivity index (χ0v) is 10.6. The van der Waals surface area contributed by atoms with E-state index < -0.39 is 0 Å². The van der Waals surface area contributed by atoms with Gasteiger partial charge < -0.3 is 10.5 Å². The average Bonchev–Trinajstić information content (AvgIpc) is 2.26. The normalized spacial score (nSPS) is 21.5. The van der Waals surface area contributed by atoms with Crippen molar-refractivity contribution in [2.45, 2.75) is 44.8 Å². The average molecular weight is 230 g/mol. The van der Waals surface area contributed by atoms with E-state index in [1.807, 2.05) is 0 Å². The van der Waals surface area contributed by atoms with Gasteiger partial charge in [-0.25, -0.2) is 0 Å². The SMILES string of the molecule is CCC(CC(N)=S)N1CCC(OC)CC1. The molecule has 0 aliphatic carbocycles. The van der Waals surface area contributed by atoms with E-state index >= 15 is 0 Å². The van der Waals surface area contributed by atoms with Crippen LogP contribution < -0.4 is 5.73 Å². The second-order valence-corrected chi connectivity index (χ2v) is 4.73. The molecular weight excluding hydrogens is 208 g/mol. The van der Waals surface area contributed by atoms with Crippen LogP contribution in [0.5, 0.6) is 0 Å². The summed E-state index contributed by atoms with van der Waals surface area (Å²) >= 11 is 4.98. The van der Waals surface area contributed by atoms with Crippen molar-refractivity contribution in [3.63, 3.8) is 0 Å². The molecule has 1 rings (SSSR count). The Balaban J connectivity index is 2.39. The fourth-order valence-corrected chi connectivity index (χ4v) is 2.43. The maximum atomic E-state index is 5.61. The third-order valence-corrected chi connectivity index (χ3v) is 3.40. The van der Waals surface area contributed by atoms with E-state index in [0.29, 0.717) is 17.1 Å². The summed E-state index contributed by atoms with van der Waals surface area (Å²) in [7, 11) is 1.80. The Kier molecular flexibility index (Phi) is 5.50. The molecule has 15 heavy (non-hydrogen) atoms. The predicted molar refractivity (Wildman–Crippen MR) is 67.1 cm³/mol. The lowest BCUT2D eigenvalue weighted by Gasteiger charge is -2.36. The van der Waals surface area contributed by atoms with Gasteiger partial charge in [-0.2, -0.15) is 0 Å². The molecule has 1 aliphatic rings. The van der Waals surface area contributed by atoms with Crippen molar-refractivity contribution in [3.05, 3.63) is 0 Å². The Morgan fingerprint density at radius 3 is 2.53 bits per heavy atom. The van der Waals surface area contributed by atoms with E-state index in [4.69, 9.17) is 22.7 Å². The summed E-state index contributed by atoms with van der Waals surface area (Å²) < 4.78 is 5.36. The van der Waals surface area contributed by atoms with Gasteiger partial charge in [0.25, 0.3) is 0 Å². The molecular formula is C11H22N2OS. The lowest BCUT2D eigenvalue weighted by atomic mass is 10.0. The van der Waals surface area contributed by atoms with Crippen LogP contribution in [-0.2, 0) is 4.74 Å². The van der Waals surface area contributed by atoms with Crippen molar-refractivity contribution < 1.29 is 4.74 Å². The molecule has 1 fully saturated rings. The van der Waals surface area contributed by atoms with Gasteiger partial charge >= 0.3 is 0 Å². The Morgan fingerprint density at radius 1 is 1.53 bits per heavy atom. The van der Waals surface area contributed by atoms with Crippen LogP contribution in [0.15, 0.2) is 0 Å². The maximum absolute atomic E-state index is 5.61. The van der Waals surface area contributed by atoms with Crippen molar-refractivity contribution >= 4 is 17.2 Å². The second-order valence-electron chi connectivity index (χ2n) is 4.20. The monoisotopic (exact) mass is 230 g/mol. The van der Waals surface area contributed by atoms with Crippen LogP contribution in [0.1, 0.15) is 32.6 Å². The van der Waals surface area contributed by atoms with E-state index in [0.717, 1.165) is 38.8 Å². The van der Waals surface area contributed by atoms with Crippen LogP contribution in [0.3, 0.4) is 0 Å². The number of hydrogen-bond donors (Lipinski definition) is 1.